The SMILES string of the molecule is Cc1nccnc1-c1cnc(N)[nH]1. The van der Waals surface area contributed by atoms with Crippen molar-refractivity contribution in [1.29, 1.82) is 0 Å². The average Bonchev–Trinajstić information content (AvgIpc) is 2.53. The van der Waals surface area contributed by atoms with Gasteiger partial charge in [-0.1, -0.05) is 0 Å². The van der Waals surface area contributed by atoms with Crippen molar-refractivity contribution in [1.82, 2.24) is 19.9 Å². The fourth-order valence-electron chi connectivity index (χ4n) is 1.13. The highest BCUT2D eigenvalue weighted by atomic mass is 15.0. The second kappa shape index (κ2) is 2.85. The molecule has 0 saturated heterocycles. The minimum atomic E-state index is 0.389. The summed E-state index contributed by atoms with van der Waals surface area (Å²) < 4.78 is 0. The van der Waals surface area contributed by atoms with E-state index < -0.39 is 0 Å². The summed E-state index contributed by atoms with van der Waals surface area (Å²) in [5, 5.41) is 0. The topological polar surface area (TPSA) is 80.5 Å². The number of rotatable bonds is 1. The molecule has 0 aromatic carbocycles. The van der Waals surface area contributed by atoms with Gasteiger partial charge in [-0.25, -0.2) is 4.98 Å². The number of nitrogens with two attached hydrogens (primary N) is 1. The van der Waals surface area contributed by atoms with Gasteiger partial charge in [0.25, 0.3) is 0 Å². The predicted octanol–water partition coefficient (Wildman–Crippen LogP) is 0.757. The molecule has 0 aliphatic rings. The lowest BCUT2D eigenvalue weighted by Gasteiger charge is -1.98. The molecule has 2 heterocycles. The van der Waals surface area contributed by atoms with E-state index in [0.717, 1.165) is 17.1 Å². The Hall–Kier alpha value is -1.91. The molecule has 3 N–H and O–H groups in total. The van der Waals surface area contributed by atoms with E-state index in [4.69, 9.17) is 5.73 Å². The first-order valence-corrected chi connectivity index (χ1v) is 3.86. The molecule has 0 bridgehead atoms. The zero-order chi connectivity index (χ0) is 9.26. The fourth-order valence-corrected chi connectivity index (χ4v) is 1.13. The Labute approximate surface area is 75.1 Å². The molecule has 0 aliphatic carbocycles. The van der Waals surface area contributed by atoms with Crippen molar-refractivity contribution in [3.63, 3.8) is 0 Å². The molecule has 0 fully saturated rings. The Bertz CT molecular complexity index is 420. The van der Waals surface area contributed by atoms with Gasteiger partial charge in [0.05, 0.1) is 17.6 Å². The minimum absolute atomic E-state index is 0.389. The zero-order valence-corrected chi connectivity index (χ0v) is 7.15. The lowest BCUT2D eigenvalue weighted by molar-refractivity contribution is 1.11. The molecule has 5 nitrogen and oxygen atoms in total. The van der Waals surface area contributed by atoms with Crippen LogP contribution in [0.5, 0.6) is 0 Å². The van der Waals surface area contributed by atoms with Crippen LogP contribution in [-0.2, 0) is 0 Å². The number of aromatic amines is 1. The van der Waals surface area contributed by atoms with Crippen LogP contribution in [0.1, 0.15) is 5.69 Å². The van der Waals surface area contributed by atoms with Crippen LogP contribution in [0, 0.1) is 6.92 Å². The summed E-state index contributed by atoms with van der Waals surface area (Å²) in [7, 11) is 0. The number of nitrogens with one attached hydrogen (secondary N) is 1. The lowest BCUT2D eigenvalue weighted by atomic mass is 10.2. The average molecular weight is 175 g/mol. The van der Waals surface area contributed by atoms with E-state index in [0.29, 0.717) is 5.95 Å². The van der Waals surface area contributed by atoms with Gasteiger partial charge in [0.2, 0.25) is 0 Å². The number of nitrogens with zero attached hydrogens (tertiary/aromatic N) is 3. The Morgan fingerprint density at radius 3 is 2.62 bits per heavy atom. The maximum atomic E-state index is 5.45. The van der Waals surface area contributed by atoms with Crippen molar-refractivity contribution >= 4 is 5.95 Å². The van der Waals surface area contributed by atoms with Gasteiger partial charge in [-0.05, 0) is 6.92 Å². The number of hydrogen-bond donors (Lipinski definition) is 2. The van der Waals surface area contributed by atoms with Crippen molar-refractivity contribution < 1.29 is 0 Å². The number of nitrogen functional groups attached to an aromatic ring is 1. The molecule has 2 rings (SSSR count). The van der Waals surface area contributed by atoms with Gasteiger partial charge in [0.1, 0.15) is 5.69 Å². The molecule has 66 valence electrons. The standard InChI is InChI=1S/C8H9N5/c1-5-7(11-3-2-10-5)6-4-12-8(9)13-6/h2-4H,1H3,(H3,9,12,13). The quantitative estimate of drug-likeness (QED) is 0.670. The van der Waals surface area contributed by atoms with Gasteiger partial charge < -0.3 is 10.7 Å². The van der Waals surface area contributed by atoms with Crippen molar-refractivity contribution in [2.45, 2.75) is 6.92 Å². The van der Waals surface area contributed by atoms with Crippen LogP contribution < -0.4 is 5.73 Å². The van der Waals surface area contributed by atoms with Crippen LogP contribution >= 0.6 is 0 Å². The smallest absolute Gasteiger partial charge is 0.197 e. The van der Waals surface area contributed by atoms with E-state index in [-0.39, 0.29) is 0 Å². The van der Waals surface area contributed by atoms with Gasteiger partial charge in [-0.15, -0.1) is 0 Å². The summed E-state index contributed by atoms with van der Waals surface area (Å²) in [6, 6.07) is 0. The molecule has 0 radical (unpaired) electrons. The van der Waals surface area contributed by atoms with Gasteiger partial charge in [0, 0.05) is 12.4 Å². The lowest BCUT2D eigenvalue weighted by Crippen LogP contribution is -1.91. The molecule has 0 unspecified atom stereocenters. The first-order valence-electron chi connectivity index (χ1n) is 3.86. The van der Waals surface area contributed by atoms with Gasteiger partial charge >= 0.3 is 0 Å². The van der Waals surface area contributed by atoms with Crippen LogP contribution in [0.3, 0.4) is 0 Å². The summed E-state index contributed by atoms with van der Waals surface area (Å²) in [5.74, 6) is 0.389. The van der Waals surface area contributed by atoms with Crippen molar-refractivity contribution in [2.24, 2.45) is 0 Å². The highest BCUT2D eigenvalue weighted by molar-refractivity contribution is 5.57. The van der Waals surface area contributed by atoms with E-state index in [9.17, 15) is 0 Å². The summed E-state index contributed by atoms with van der Waals surface area (Å²) in [5.41, 5.74) is 7.88. The normalized spacial score (nSPS) is 10.2. The Morgan fingerprint density at radius 2 is 2.00 bits per heavy atom. The van der Waals surface area contributed by atoms with Crippen molar-refractivity contribution in [2.75, 3.05) is 5.73 Å². The zero-order valence-electron chi connectivity index (χ0n) is 7.15. The van der Waals surface area contributed by atoms with E-state index in [1.807, 2.05) is 6.92 Å². The first kappa shape index (κ1) is 7.72. The Balaban J connectivity index is 2.52. The molecule has 0 aliphatic heterocycles. The van der Waals surface area contributed by atoms with Crippen molar-refractivity contribution in [3.8, 4) is 11.4 Å². The summed E-state index contributed by atoms with van der Waals surface area (Å²) in [6.45, 7) is 1.89. The van der Waals surface area contributed by atoms with Crippen molar-refractivity contribution in [3.05, 3.63) is 24.3 Å². The second-order valence-electron chi connectivity index (χ2n) is 2.67. The monoisotopic (exact) mass is 175 g/mol. The van der Waals surface area contributed by atoms with Crippen LogP contribution in [0.15, 0.2) is 18.6 Å². The molecule has 13 heavy (non-hydrogen) atoms. The number of imidazole rings is 1. The highest BCUT2D eigenvalue weighted by Crippen LogP contribution is 2.16. The number of anilines is 1. The van der Waals surface area contributed by atoms with Crippen LogP contribution in [-0.4, -0.2) is 19.9 Å². The molecular formula is C8H9N5. The van der Waals surface area contributed by atoms with E-state index in [1.54, 1.807) is 18.6 Å². The molecular weight excluding hydrogens is 166 g/mol. The molecule has 0 atom stereocenters. The van der Waals surface area contributed by atoms with Gasteiger partial charge in [-0.2, -0.15) is 0 Å². The summed E-state index contributed by atoms with van der Waals surface area (Å²) in [6.07, 6.45) is 4.93. The number of H-pyrrole nitrogens is 1. The summed E-state index contributed by atoms with van der Waals surface area (Å²) >= 11 is 0. The highest BCUT2D eigenvalue weighted by Gasteiger charge is 2.05. The first-order chi connectivity index (χ1) is 6.27. The van der Waals surface area contributed by atoms with Crippen LogP contribution in [0.25, 0.3) is 11.4 Å². The number of hydrogen-bond acceptors (Lipinski definition) is 4. The molecule has 2 aromatic heterocycles. The molecule has 2 aromatic rings. The van der Waals surface area contributed by atoms with Gasteiger partial charge in [0.15, 0.2) is 5.95 Å². The maximum absolute atomic E-state index is 5.45. The third-order valence-electron chi connectivity index (χ3n) is 1.73. The number of aromatic nitrogens is 4. The minimum Gasteiger partial charge on any atom is -0.369 e. The van der Waals surface area contributed by atoms with Crippen LogP contribution in [0.2, 0.25) is 0 Å². The number of aryl methyl sites for hydroxylation is 1. The molecule has 5 heteroatoms. The summed E-state index contributed by atoms with van der Waals surface area (Å²) in [4.78, 5) is 15.1. The molecule has 0 saturated carbocycles. The van der Waals surface area contributed by atoms with Crippen LogP contribution in [0.4, 0.5) is 5.95 Å². The second-order valence-corrected chi connectivity index (χ2v) is 2.67. The van der Waals surface area contributed by atoms with E-state index in [2.05, 4.69) is 19.9 Å². The third-order valence-corrected chi connectivity index (χ3v) is 1.73. The Kier molecular flexibility index (Phi) is 1.70. The molecule has 0 amide bonds. The third kappa shape index (κ3) is 1.35. The largest absolute Gasteiger partial charge is 0.369 e. The van der Waals surface area contributed by atoms with E-state index >= 15 is 0 Å². The maximum Gasteiger partial charge on any atom is 0.197 e. The predicted molar refractivity (Wildman–Crippen MR) is 48.8 cm³/mol. The van der Waals surface area contributed by atoms with E-state index in [1.165, 1.54) is 0 Å². The Morgan fingerprint density at radius 1 is 1.23 bits per heavy atom. The molecule has 0 spiro atoms. The fraction of sp³-hybridized carbons (Fsp3) is 0.125. The van der Waals surface area contributed by atoms with Gasteiger partial charge in [-0.3, -0.25) is 9.97 Å².